The first-order valence-electron chi connectivity index (χ1n) is 14.9. The summed E-state index contributed by atoms with van der Waals surface area (Å²) in [4.78, 5) is 28.1. The number of carboxylic acid groups (broad SMARTS) is 2. The Bertz CT molecular complexity index is 1640. The van der Waals surface area contributed by atoms with Gasteiger partial charge in [0.25, 0.3) is 0 Å². The van der Waals surface area contributed by atoms with Gasteiger partial charge in [-0.25, -0.2) is 9.78 Å². The van der Waals surface area contributed by atoms with Gasteiger partial charge in [0.1, 0.15) is 11.6 Å². The fourth-order valence-electron chi connectivity index (χ4n) is 5.58. The average Bonchev–Trinajstić information content (AvgIpc) is 2.99. The molecule has 1 aliphatic rings. The minimum absolute atomic E-state index is 0.00236. The Morgan fingerprint density at radius 2 is 1.53 bits per heavy atom. The third-order valence-corrected chi connectivity index (χ3v) is 7.89. The van der Waals surface area contributed by atoms with Crippen LogP contribution < -0.4 is 15.0 Å². The third-order valence-electron chi connectivity index (χ3n) is 7.89. The van der Waals surface area contributed by atoms with E-state index < -0.39 is 71.3 Å². The number of nitrogens with one attached hydrogen (secondary N) is 1. The lowest BCUT2D eigenvalue weighted by Crippen LogP contribution is -2.45. The summed E-state index contributed by atoms with van der Waals surface area (Å²) in [5, 5.41) is 21.7. The molecule has 3 aromatic rings. The van der Waals surface area contributed by atoms with E-state index in [0.717, 1.165) is 23.1 Å². The topological polar surface area (TPSA) is 112 Å². The number of unbranched alkanes of at least 4 members (excludes halogenated alkanes) is 1. The van der Waals surface area contributed by atoms with E-state index in [0.29, 0.717) is 18.6 Å². The van der Waals surface area contributed by atoms with Gasteiger partial charge in [-0.1, -0.05) is 6.92 Å². The van der Waals surface area contributed by atoms with E-state index in [9.17, 15) is 54.2 Å². The summed E-state index contributed by atoms with van der Waals surface area (Å²) < 4.78 is 128. The molecule has 0 saturated carbocycles. The lowest BCUT2D eigenvalue weighted by atomic mass is 9.88. The largest absolute Gasteiger partial charge is 0.492 e. The number of rotatable bonds is 11. The van der Waals surface area contributed by atoms with Gasteiger partial charge < -0.3 is 20.3 Å². The highest BCUT2D eigenvalue weighted by Gasteiger charge is 2.40. The monoisotopic (exact) mass is 707 g/mol. The summed E-state index contributed by atoms with van der Waals surface area (Å²) in [6.07, 6.45) is -15.2. The molecule has 3 N–H and O–H groups in total. The van der Waals surface area contributed by atoms with Crippen LogP contribution in [0.5, 0.6) is 5.75 Å². The summed E-state index contributed by atoms with van der Waals surface area (Å²) in [6.45, 7) is 1.67. The number of alkyl halides is 9. The first-order valence-corrected chi connectivity index (χ1v) is 14.9. The van der Waals surface area contributed by atoms with Gasteiger partial charge >= 0.3 is 30.6 Å². The van der Waals surface area contributed by atoms with Crippen molar-refractivity contribution in [3.05, 3.63) is 82.0 Å². The number of nitrogens with zero attached hydrogens (tertiary/aromatic N) is 2. The highest BCUT2D eigenvalue weighted by Crippen LogP contribution is 2.44. The number of ether oxygens (including phenoxy) is 1. The van der Waals surface area contributed by atoms with E-state index in [1.54, 1.807) is 6.92 Å². The number of benzene rings is 2. The van der Waals surface area contributed by atoms with E-state index in [1.165, 1.54) is 12.3 Å². The van der Waals surface area contributed by atoms with E-state index in [1.807, 2.05) is 0 Å². The number of amides is 1. The number of carboxylic acids is 1. The van der Waals surface area contributed by atoms with E-state index in [2.05, 4.69) is 10.3 Å². The van der Waals surface area contributed by atoms with Crippen molar-refractivity contribution in [2.75, 3.05) is 16.8 Å². The summed E-state index contributed by atoms with van der Waals surface area (Å²) in [5.41, 5.74) is -4.65. The molecule has 0 saturated heterocycles. The van der Waals surface area contributed by atoms with Crippen LogP contribution in [0.15, 0.2) is 48.7 Å². The predicted octanol–water partition coefficient (Wildman–Crippen LogP) is 9.18. The van der Waals surface area contributed by atoms with Crippen LogP contribution in [-0.4, -0.2) is 39.9 Å². The Morgan fingerprint density at radius 3 is 2.08 bits per heavy atom. The van der Waals surface area contributed by atoms with Gasteiger partial charge in [-0.3, -0.25) is 9.69 Å². The van der Waals surface area contributed by atoms with Crippen molar-refractivity contribution >= 4 is 23.6 Å². The average molecular weight is 708 g/mol. The van der Waals surface area contributed by atoms with Crippen LogP contribution in [0, 0.1) is 0 Å². The molecule has 1 amide bonds. The molecule has 4 rings (SSSR count). The van der Waals surface area contributed by atoms with Crippen molar-refractivity contribution in [3.8, 4) is 5.75 Å². The molecule has 1 aliphatic heterocycles. The van der Waals surface area contributed by atoms with E-state index in [-0.39, 0.29) is 66.7 Å². The highest BCUT2D eigenvalue weighted by molar-refractivity contribution is 5.89. The Morgan fingerprint density at radius 1 is 0.898 bits per heavy atom. The second-order valence-corrected chi connectivity index (χ2v) is 11.4. The van der Waals surface area contributed by atoms with Crippen molar-refractivity contribution in [1.82, 2.24) is 4.98 Å². The standard InChI is InChI=1S/C32H30F9N3O5/c1-2-22-15-25(24-14-19(30(33,34)35)6-7-26(24)44(22)29(47)48)43-28-18(12-23(16-42-28)49-8-4-3-5-27(45)46)9-17-10-20(31(36,37)38)13-21(11-17)32(39,40)41/h6-7,10-14,16,22,25H,2-5,8-9,15H2,1H3,(H,42,43)(H,45,46)(H,47,48)/t22-,25+/m1/s1. The minimum Gasteiger partial charge on any atom is -0.492 e. The normalized spacial score (nSPS) is 16.7. The second kappa shape index (κ2) is 14.4. The maximum atomic E-state index is 13.7. The number of pyridine rings is 1. The quantitative estimate of drug-likeness (QED) is 0.135. The number of fused-ring (bicyclic) bond motifs is 1. The summed E-state index contributed by atoms with van der Waals surface area (Å²) in [7, 11) is 0. The lowest BCUT2D eigenvalue weighted by Gasteiger charge is -2.40. The van der Waals surface area contributed by atoms with Gasteiger partial charge in [-0.15, -0.1) is 0 Å². The number of carbonyl (C=O) groups is 2. The summed E-state index contributed by atoms with van der Waals surface area (Å²) in [6, 6.07) is 3.19. The molecular weight excluding hydrogens is 677 g/mol. The molecule has 2 aromatic carbocycles. The van der Waals surface area contributed by atoms with Crippen LogP contribution in [0.1, 0.15) is 78.5 Å². The fourth-order valence-corrected chi connectivity index (χ4v) is 5.58. The zero-order valence-corrected chi connectivity index (χ0v) is 25.6. The van der Waals surface area contributed by atoms with Crippen molar-refractivity contribution < 1.29 is 64.1 Å². The molecule has 0 unspecified atom stereocenters. The Kier molecular flexibility index (Phi) is 10.9. The van der Waals surface area contributed by atoms with Gasteiger partial charge in [-0.2, -0.15) is 39.5 Å². The molecule has 0 spiro atoms. The summed E-state index contributed by atoms with van der Waals surface area (Å²) in [5.74, 6) is -1.08. The summed E-state index contributed by atoms with van der Waals surface area (Å²) >= 11 is 0. The number of hydrogen-bond donors (Lipinski definition) is 3. The van der Waals surface area contributed by atoms with Crippen LogP contribution in [-0.2, 0) is 29.7 Å². The van der Waals surface area contributed by atoms with Crippen LogP contribution >= 0.6 is 0 Å². The fraction of sp³-hybridized carbons (Fsp3) is 0.406. The Hall–Kier alpha value is -4.70. The number of aromatic nitrogens is 1. The number of aliphatic carboxylic acids is 1. The second-order valence-electron chi connectivity index (χ2n) is 11.4. The lowest BCUT2D eigenvalue weighted by molar-refractivity contribution is -0.143. The Balaban J connectivity index is 1.79. The molecule has 0 fully saturated rings. The van der Waals surface area contributed by atoms with E-state index >= 15 is 0 Å². The molecule has 49 heavy (non-hydrogen) atoms. The zero-order chi connectivity index (χ0) is 36.3. The van der Waals surface area contributed by atoms with Crippen molar-refractivity contribution in [2.45, 2.75) is 76.1 Å². The molecule has 0 aliphatic carbocycles. The van der Waals surface area contributed by atoms with Gasteiger partial charge in [0.2, 0.25) is 0 Å². The van der Waals surface area contributed by atoms with Crippen molar-refractivity contribution in [3.63, 3.8) is 0 Å². The maximum absolute atomic E-state index is 13.7. The number of anilines is 2. The van der Waals surface area contributed by atoms with Gasteiger partial charge in [0.05, 0.1) is 41.2 Å². The molecule has 0 radical (unpaired) electrons. The van der Waals surface area contributed by atoms with E-state index in [4.69, 9.17) is 9.84 Å². The molecule has 2 atom stereocenters. The van der Waals surface area contributed by atoms with Crippen LogP contribution in [0.3, 0.4) is 0 Å². The SMILES string of the molecule is CC[C@@H]1C[C@H](Nc2ncc(OCCCCC(=O)O)cc2Cc2cc(C(F)(F)F)cc(C(F)(F)F)c2)c2cc(C(F)(F)F)ccc2N1C(=O)O. The van der Waals surface area contributed by atoms with Gasteiger partial charge in [-0.05, 0) is 79.3 Å². The van der Waals surface area contributed by atoms with Crippen molar-refractivity contribution in [2.24, 2.45) is 0 Å². The van der Waals surface area contributed by atoms with Crippen LogP contribution in [0.25, 0.3) is 0 Å². The predicted molar refractivity (Wildman–Crippen MR) is 157 cm³/mol. The molecule has 266 valence electrons. The number of halogens is 9. The smallest absolute Gasteiger partial charge is 0.416 e. The highest BCUT2D eigenvalue weighted by atomic mass is 19.4. The Labute approximate surface area is 273 Å². The molecule has 17 heteroatoms. The third kappa shape index (κ3) is 9.26. The molecule has 2 heterocycles. The maximum Gasteiger partial charge on any atom is 0.416 e. The molecule has 1 aromatic heterocycles. The number of hydrogen-bond acceptors (Lipinski definition) is 5. The first-order chi connectivity index (χ1) is 22.8. The first kappa shape index (κ1) is 37.1. The molecular formula is C32H30F9N3O5. The zero-order valence-electron chi connectivity index (χ0n) is 25.6. The van der Waals surface area contributed by atoms with Gasteiger partial charge in [0.15, 0.2) is 0 Å². The van der Waals surface area contributed by atoms with Crippen molar-refractivity contribution in [1.29, 1.82) is 0 Å². The van der Waals surface area contributed by atoms with Crippen LogP contribution in [0.4, 0.5) is 55.8 Å². The van der Waals surface area contributed by atoms with Crippen LogP contribution in [0.2, 0.25) is 0 Å². The molecule has 8 nitrogen and oxygen atoms in total. The molecule has 0 bridgehead atoms. The minimum atomic E-state index is -5.12. The van der Waals surface area contributed by atoms with Gasteiger partial charge in [0, 0.05) is 24.4 Å².